The second kappa shape index (κ2) is 7.30. The number of pyridine rings is 2. The van der Waals surface area contributed by atoms with Crippen LogP contribution in [0.15, 0.2) is 79.0 Å². The molecular formula is C25H21N3S. The Kier molecular flexibility index (Phi) is 4.49. The van der Waals surface area contributed by atoms with Crippen molar-refractivity contribution in [2.45, 2.75) is 19.9 Å². The zero-order valence-electron chi connectivity index (χ0n) is 16.2. The molecule has 0 aliphatic heterocycles. The summed E-state index contributed by atoms with van der Waals surface area (Å²) in [6.07, 6.45) is 2.91. The van der Waals surface area contributed by atoms with Crippen molar-refractivity contribution in [3.8, 4) is 22.5 Å². The first-order valence-electron chi connectivity index (χ1n) is 9.92. The molecule has 4 heteroatoms. The van der Waals surface area contributed by atoms with Crippen LogP contribution in [0.1, 0.15) is 13.3 Å². The molecule has 0 aliphatic carbocycles. The number of hydrogen-bond donors (Lipinski definition) is 1. The average molecular weight is 396 g/mol. The van der Waals surface area contributed by atoms with Crippen LogP contribution in [0, 0.1) is 4.51 Å². The number of nitrogens with zero attached hydrogens (tertiary/aromatic N) is 2. The van der Waals surface area contributed by atoms with Crippen molar-refractivity contribution in [1.82, 2.24) is 14.5 Å². The lowest BCUT2D eigenvalue weighted by Gasteiger charge is -2.08. The van der Waals surface area contributed by atoms with Crippen LogP contribution in [0.25, 0.3) is 44.5 Å². The lowest BCUT2D eigenvalue weighted by molar-refractivity contribution is 0.723. The lowest BCUT2D eigenvalue weighted by atomic mass is 10.0. The van der Waals surface area contributed by atoms with Crippen molar-refractivity contribution in [2.24, 2.45) is 0 Å². The highest BCUT2D eigenvalue weighted by atomic mass is 32.1. The van der Waals surface area contributed by atoms with Gasteiger partial charge in [0.2, 0.25) is 0 Å². The minimum Gasteiger partial charge on any atom is -0.353 e. The molecule has 0 spiro atoms. The minimum atomic E-state index is 0.887. The molecule has 0 amide bonds. The highest BCUT2D eigenvalue weighted by Crippen LogP contribution is 2.32. The standard InChI is InChI=1S/C25H21N3S/c1-2-15-28-21-10-6-11-23(29)24(21)25-22(28)13-12-20(27-25)18-8-5-7-17(16-18)19-9-3-4-14-26-19/h3-14,16,27H,2,15H2,1H3. The van der Waals surface area contributed by atoms with Gasteiger partial charge in [-0.2, -0.15) is 0 Å². The average Bonchev–Trinajstić information content (AvgIpc) is 3.09. The van der Waals surface area contributed by atoms with Crippen LogP contribution in [0.2, 0.25) is 0 Å². The number of fused-ring (bicyclic) bond motifs is 3. The van der Waals surface area contributed by atoms with Gasteiger partial charge in [-0.1, -0.05) is 49.5 Å². The molecule has 0 fully saturated rings. The van der Waals surface area contributed by atoms with E-state index in [2.05, 4.69) is 63.9 Å². The van der Waals surface area contributed by atoms with E-state index in [0.717, 1.165) is 50.9 Å². The van der Waals surface area contributed by atoms with Crippen LogP contribution in [0.3, 0.4) is 0 Å². The zero-order chi connectivity index (χ0) is 19.8. The van der Waals surface area contributed by atoms with E-state index in [-0.39, 0.29) is 0 Å². The number of nitrogens with one attached hydrogen (secondary N) is 1. The first-order valence-corrected chi connectivity index (χ1v) is 10.3. The van der Waals surface area contributed by atoms with Crippen molar-refractivity contribution in [3.63, 3.8) is 0 Å². The predicted octanol–water partition coefficient (Wildman–Crippen LogP) is 6.99. The van der Waals surface area contributed by atoms with Gasteiger partial charge in [0, 0.05) is 33.9 Å². The van der Waals surface area contributed by atoms with E-state index in [4.69, 9.17) is 12.2 Å². The summed E-state index contributed by atoms with van der Waals surface area (Å²) in [5.41, 5.74) is 7.79. The van der Waals surface area contributed by atoms with Gasteiger partial charge in [-0.15, -0.1) is 0 Å². The number of hydrogen-bond acceptors (Lipinski definition) is 2. The summed E-state index contributed by atoms with van der Waals surface area (Å²) in [6.45, 7) is 3.18. The van der Waals surface area contributed by atoms with Crippen LogP contribution >= 0.6 is 12.2 Å². The van der Waals surface area contributed by atoms with Gasteiger partial charge in [0.25, 0.3) is 0 Å². The number of aromatic nitrogens is 3. The summed E-state index contributed by atoms with van der Waals surface area (Å²) < 4.78 is 3.25. The van der Waals surface area contributed by atoms with Crippen LogP contribution < -0.4 is 0 Å². The molecular weight excluding hydrogens is 374 g/mol. The van der Waals surface area contributed by atoms with E-state index in [0.29, 0.717) is 0 Å². The quantitative estimate of drug-likeness (QED) is 0.333. The van der Waals surface area contributed by atoms with Gasteiger partial charge in [0.15, 0.2) is 0 Å². The molecule has 0 unspecified atom stereocenters. The molecule has 3 heterocycles. The normalized spacial score (nSPS) is 11.3. The molecule has 0 bridgehead atoms. The summed E-state index contributed by atoms with van der Waals surface area (Å²) in [5, 5.41) is 1.13. The number of H-pyrrole nitrogens is 1. The third kappa shape index (κ3) is 3.06. The highest BCUT2D eigenvalue weighted by Gasteiger charge is 2.13. The van der Waals surface area contributed by atoms with E-state index in [1.54, 1.807) is 0 Å². The first-order chi connectivity index (χ1) is 14.3. The van der Waals surface area contributed by atoms with E-state index < -0.39 is 0 Å². The van der Waals surface area contributed by atoms with Gasteiger partial charge in [-0.05, 0) is 54.4 Å². The SMILES string of the molecule is CCCn1c2ccc(-c3cccc(-c4ccccn4)c3)[nH]c2c2c(=S)cccc21. The maximum Gasteiger partial charge on any atom is 0.0735 e. The Balaban J connectivity index is 1.72. The molecule has 1 N–H and O–H groups in total. The fourth-order valence-corrected chi connectivity index (χ4v) is 4.32. The fourth-order valence-electron chi connectivity index (χ4n) is 4.04. The zero-order valence-corrected chi connectivity index (χ0v) is 17.0. The monoisotopic (exact) mass is 395 g/mol. The van der Waals surface area contributed by atoms with E-state index in [1.807, 2.05) is 36.5 Å². The van der Waals surface area contributed by atoms with Gasteiger partial charge in [-0.3, -0.25) is 4.98 Å². The summed E-state index contributed by atoms with van der Waals surface area (Å²) >= 11 is 5.68. The molecule has 3 aromatic heterocycles. The van der Waals surface area contributed by atoms with Gasteiger partial charge in [-0.25, -0.2) is 0 Å². The van der Waals surface area contributed by atoms with Gasteiger partial charge in [0.1, 0.15) is 0 Å². The maximum atomic E-state index is 5.68. The van der Waals surface area contributed by atoms with Gasteiger partial charge >= 0.3 is 0 Å². The molecule has 0 atom stereocenters. The Morgan fingerprint density at radius 1 is 0.897 bits per heavy atom. The summed E-state index contributed by atoms with van der Waals surface area (Å²) in [6, 6.07) is 25.1. The van der Waals surface area contributed by atoms with E-state index >= 15 is 0 Å². The Morgan fingerprint density at radius 3 is 2.59 bits per heavy atom. The Morgan fingerprint density at radius 2 is 1.76 bits per heavy atom. The molecule has 5 aromatic rings. The van der Waals surface area contributed by atoms with Crippen LogP contribution in [0.5, 0.6) is 0 Å². The molecule has 142 valence electrons. The molecule has 3 nitrogen and oxygen atoms in total. The maximum absolute atomic E-state index is 5.68. The van der Waals surface area contributed by atoms with Crippen molar-refractivity contribution in [3.05, 3.63) is 83.5 Å². The molecule has 2 aromatic carbocycles. The highest BCUT2D eigenvalue weighted by molar-refractivity contribution is 7.71. The summed E-state index contributed by atoms with van der Waals surface area (Å²) in [5.74, 6) is 0. The van der Waals surface area contributed by atoms with Crippen LogP contribution in [0.4, 0.5) is 0 Å². The third-order valence-corrected chi connectivity index (χ3v) is 5.68. The van der Waals surface area contributed by atoms with E-state index in [1.165, 1.54) is 11.0 Å². The molecule has 29 heavy (non-hydrogen) atoms. The van der Waals surface area contributed by atoms with Crippen LogP contribution in [-0.4, -0.2) is 14.5 Å². The molecule has 5 rings (SSSR count). The number of rotatable bonds is 4. The molecule has 0 saturated heterocycles. The molecule has 0 aliphatic rings. The molecule has 0 saturated carbocycles. The van der Waals surface area contributed by atoms with Crippen molar-refractivity contribution in [1.29, 1.82) is 0 Å². The lowest BCUT2D eigenvalue weighted by Crippen LogP contribution is -1.96. The number of aromatic amines is 1. The van der Waals surface area contributed by atoms with Crippen molar-refractivity contribution >= 4 is 34.2 Å². The minimum absolute atomic E-state index is 0.887. The number of aryl methyl sites for hydroxylation is 1. The second-order valence-corrected chi connectivity index (χ2v) is 7.67. The van der Waals surface area contributed by atoms with Crippen LogP contribution in [-0.2, 0) is 6.54 Å². The Hall–Kier alpha value is -3.24. The topological polar surface area (TPSA) is 33.6 Å². The largest absolute Gasteiger partial charge is 0.353 e. The second-order valence-electron chi connectivity index (χ2n) is 7.23. The Labute approximate surface area is 174 Å². The summed E-state index contributed by atoms with van der Waals surface area (Å²) in [7, 11) is 0. The first kappa shape index (κ1) is 17.8. The van der Waals surface area contributed by atoms with Crippen molar-refractivity contribution in [2.75, 3.05) is 0 Å². The fraction of sp³-hybridized carbons (Fsp3) is 0.120. The smallest absolute Gasteiger partial charge is 0.0735 e. The summed E-state index contributed by atoms with van der Waals surface area (Å²) in [4.78, 5) is 8.16. The predicted molar refractivity (Wildman–Crippen MR) is 124 cm³/mol. The van der Waals surface area contributed by atoms with Crippen molar-refractivity contribution < 1.29 is 0 Å². The molecule has 0 radical (unpaired) electrons. The van der Waals surface area contributed by atoms with Gasteiger partial charge in [0.05, 0.1) is 22.2 Å². The number of benzene rings is 2. The Bertz CT molecular complexity index is 1380. The van der Waals surface area contributed by atoms with E-state index in [9.17, 15) is 0 Å². The van der Waals surface area contributed by atoms with Gasteiger partial charge < -0.3 is 9.55 Å². The third-order valence-electron chi connectivity index (χ3n) is 5.34.